The Morgan fingerprint density at radius 1 is 0.974 bits per heavy atom. The van der Waals surface area contributed by atoms with Crippen LogP contribution in [-0.4, -0.2) is 43.4 Å². The molecule has 4 heterocycles. The van der Waals surface area contributed by atoms with Gasteiger partial charge in [0.05, 0.1) is 16.6 Å². The molecule has 1 aliphatic rings. The molecule has 6 rings (SSSR count). The lowest BCUT2D eigenvalue weighted by molar-refractivity contribution is -0.141. The fourth-order valence-electron chi connectivity index (χ4n) is 5.20. The van der Waals surface area contributed by atoms with E-state index in [1.165, 1.54) is 6.07 Å². The number of aryl methyl sites for hydroxylation is 1. The number of para-hydroxylation sites is 2. The van der Waals surface area contributed by atoms with E-state index in [1.54, 1.807) is 36.0 Å². The first-order valence-electron chi connectivity index (χ1n) is 12.5. The maximum absolute atomic E-state index is 13.9. The molecule has 1 saturated heterocycles. The van der Waals surface area contributed by atoms with Gasteiger partial charge in [-0.15, -0.1) is 0 Å². The quantitative estimate of drug-likeness (QED) is 0.258. The minimum Gasteiger partial charge on any atom is -0.382 e. The molecule has 1 aliphatic heterocycles. The smallest absolute Gasteiger partial charge is 0.382 e. The Labute approximate surface area is 219 Å². The Balaban J connectivity index is 1.19. The molecule has 0 radical (unpaired) electrons. The first-order valence-corrected chi connectivity index (χ1v) is 12.5. The SMILES string of the molecule is Cn1nc(-c2ccnc(C(F)(F)F)c2)c2ccc(NC3CCN(c4nc5ccccc5n4C(F)F)CC3)cc21. The summed E-state index contributed by atoms with van der Waals surface area (Å²) in [6, 6.07) is 15.2. The topological polar surface area (TPSA) is 63.8 Å². The number of aromatic nitrogens is 5. The number of fused-ring (bicyclic) bond motifs is 2. The van der Waals surface area contributed by atoms with Crippen molar-refractivity contribution in [3.8, 4) is 11.3 Å². The highest BCUT2D eigenvalue weighted by molar-refractivity contribution is 5.95. The van der Waals surface area contributed by atoms with Crippen LogP contribution in [-0.2, 0) is 13.2 Å². The van der Waals surface area contributed by atoms with Gasteiger partial charge in [-0.2, -0.15) is 27.1 Å². The number of rotatable bonds is 5. The Morgan fingerprint density at radius 2 is 1.74 bits per heavy atom. The Morgan fingerprint density at radius 3 is 2.49 bits per heavy atom. The van der Waals surface area contributed by atoms with E-state index in [0.29, 0.717) is 35.4 Å². The number of hydrogen-bond acceptors (Lipinski definition) is 5. The van der Waals surface area contributed by atoms with Gasteiger partial charge in [-0.25, -0.2) is 4.98 Å². The highest BCUT2D eigenvalue weighted by atomic mass is 19.4. The van der Waals surface area contributed by atoms with Crippen molar-refractivity contribution in [3.05, 3.63) is 66.5 Å². The molecule has 3 aromatic heterocycles. The van der Waals surface area contributed by atoms with Crippen molar-refractivity contribution in [2.24, 2.45) is 7.05 Å². The zero-order valence-electron chi connectivity index (χ0n) is 20.8. The first-order chi connectivity index (χ1) is 18.7. The molecule has 0 unspecified atom stereocenters. The van der Waals surface area contributed by atoms with Crippen LogP contribution in [0.4, 0.5) is 33.6 Å². The van der Waals surface area contributed by atoms with Crippen LogP contribution in [0.3, 0.4) is 0 Å². The van der Waals surface area contributed by atoms with Gasteiger partial charge in [0.1, 0.15) is 11.4 Å². The minimum absolute atomic E-state index is 0.116. The zero-order valence-corrected chi connectivity index (χ0v) is 20.8. The van der Waals surface area contributed by atoms with Crippen molar-refractivity contribution < 1.29 is 22.0 Å². The second-order valence-corrected chi connectivity index (χ2v) is 9.59. The van der Waals surface area contributed by atoms with E-state index in [2.05, 4.69) is 20.4 Å². The first kappa shape index (κ1) is 25.1. The maximum atomic E-state index is 13.9. The summed E-state index contributed by atoms with van der Waals surface area (Å²) < 4.78 is 69.9. The number of imidazole rings is 1. The van der Waals surface area contributed by atoms with Gasteiger partial charge in [0.15, 0.2) is 0 Å². The molecular formula is C27H24F5N7. The van der Waals surface area contributed by atoms with E-state index in [0.717, 1.165) is 46.3 Å². The molecule has 5 aromatic rings. The van der Waals surface area contributed by atoms with Crippen molar-refractivity contribution >= 4 is 33.6 Å². The molecule has 0 bridgehead atoms. The number of nitrogens with zero attached hydrogens (tertiary/aromatic N) is 6. The van der Waals surface area contributed by atoms with Gasteiger partial charge in [-0.3, -0.25) is 14.2 Å². The number of piperidine rings is 1. The van der Waals surface area contributed by atoms with E-state index in [-0.39, 0.29) is 12.0 Å². The average Bonchev–Trinajstić information content (AvgIpc) is 3.47. The molecule has 1 N–H and O–H groups in total. The molecule has 2 aromatic carbocycles. The average molecular weight is 542 g/mol. The molecule has 1 fully saturated rings. The number of anilines is 2. The second-order valence-electron chi connectivity index (χ2n) is 9.59. The summed E-state index contributed by atoms with van der Waals surface area (Å²) in [5.74, 6) is 0.276. The minimum atomic E-state index is -4.54. The molecule has 12 heteroatoms. The summed E-state index contributed by atoms with van der Waals surface area (Å²) >= 11 is 0. The molecule has 0 aliphatic carbocycles. The van der Waals surface area contributed by atoms with Crippen molar-refractivity contribution in [1.29, 1.82) is 0 Å². The van der Waals surface area contributed by atoms with Gasteiger partial charge in [-0.05, 0) is 55.3 Å². The van der Waals surface area contributed by atoms with Gasteiger partial charge in [0, 0.05) is 49.0 Å². The predicted molar refractivity (Wildman–Crippen MR) is 139 cm³/mol. The van der Waals surface area contributed by atoms with Crippen LogP contribution in [0.2, 0.25) is 0 Å². The van der Waals surface area contributed by atoms with Crippen LogP contribution in [0.5, 0.6) is 0 Å². The van der Waals surface area contributed by atoms with Crippen molar-refractivity contribution in [1.82, 2.24) is 24.3 Å². The maximum Gasteiger partial charge on any atom is 0.433 e. The summed E-state index contributed by atoms with van der Waals surface area (Å²) in [7, 11) is 1.75. The number of alkyl halides is 5. The van der Waals surface area contributed by atoms with Gasteiger partial charge >= 0.3 is 12.7 Å². The van der Waals surface area contributed by atoms with E-state index in [4.69, 9.17) is 0 Å². The third-order valence-corrected chi connectivity index (χ3v) is 7.10. The summed E-state index contributed by atoms with van der Waals surface area (Å²) in [6.45, 7) is -1.56. The van der Waals surface area contributed by atoms with Crippen molar-refractivity contribution in [2.45, 2.75) is 31.6 Å². The lowest BCUT2D eigenvalue weighted by atomic mass is 10.0. The Bertz CT molecular complexity index is 1650. The highest BCUT2D eigenvalue weighted by Gasteiger charge is 2.33. The van der Waals surface area contributed by atoms with Crippen LogP contribution in [0.15, 0.2) is 60.8 Å². The molecule has 0 saturated carbocycles. The summed E-state index contributed by atoms with van der Waals surface area (Å²) in [5.41, 5.74) is 2.39. The number of pyridine rings is 1. The third kappa shape index (κ3) is 4.64. The zero-order chi connectivity index (χ0) is 27.3. The van der Waals surface area contributed by atoms with Crippen LogP contribution >= 0.6 is 0 Å². The highest BCUT2D eigenvalue weighted by Crippen LogP contribution is 2.34. The molecule has 39 heavy (non-hydrogen) atoms. The lowest BCUT2D eigenvalue weighted by Gasteiger charge is -2.33. The Kier molecular flexibility index (Phi) is 6.12. The Hall–Kier alpha value is -4.22. The summed E-state index contributed by atoms with van der Waals surface area (Å²) in [4.78, 5) is 9.80. The van der Waals surface area contributed by atoms with E-state index >= 15 is 0 Å². The monoisotopic (exact) mass is 541 g/mol. The number of hydrogen-bond donors (Lipinski definition) is 1. The van der Waals surface area contributed by atoms with Gasteiger partial charge in [0.25, 0.3) is 0 Å². The van der Waals surface area contributed by atoms with E-state index in [1.807, 2.05) is 23.1 Å². The number of nitrogens with one attached hydrogen (secondary N) is 1. The number of halogens is 5. The fraction of sp³-hybridized carbons (Fsp3) is 0.296. The molecule has 0 atom stereocenters. The predicted octanol–water partition coefficient (Wildman–Crippen LogP) is 6.48. The number of benzene rings is 2. The van der Waals surface area contributed by atoms with Gasteiger partial charge in [0.2, 0.25) is 5.95 Å². The van der Waals surface area contributed by atoms with Gasteiger partial charge < -0.3 is 10.2 Å². The van der Waals surface area contributed by atoms with Crippen LogP contribution in [0.25, 0.3) is 33.2 Å². The molecular weight excluding hydrogens is 517 g/mol. The second kappa shape index (κ2) is 9.51. The van der Waals surface area contributed by atoms with Crippen LogP contribution < -0.4 is 10.2 Å². The van der Waals surface area contributed by atoms with Crippen LogP contribution in [0, 0.1) is 0 Å². The third-order valence-electron chi connectivity index (χ3n) is 7.10. The van der Waals surface area contributed by atoms with Gasteiger partial charge in [-0.1, -0.05) is 12.1 Å². The fourth-order valence-corrected chi connectivity index (χ4v) is 5.20. The van der Waals surface area contributed by atoms with E-state index in [9.17, 15) is 22.0 Å². The van der Waals surface area contributed by atoms with Crippen molar-refractivity contribution in [3.63, 3.8) is 0 Å². The lowest BCUT2D eigenvalue weighted by Crippen LogP contribution is -2.40. The summed E-state index contributed by atoms with van der Waals surface area (Å²) in [5, 5.41) is 8.71. The standard InChI is InChI=1S/C27H24F5N7/c1-37-22-15-18(6-7-19(22)24(36-37)16-8-11-33-23(14-16)27(30,31)32)34-17-9-12-38(13-10-17)26-35-20-4-2-3-5-21(20)39(26)25(28)29/h2-8,11,14-15,17,25,34H,9-10,12-13H2,1H3. The van der Waals surface area contributed by atoms with Crippen molar-refractivity contribution in [2.75, 3.05) is 23.3 Å². The molecule has 7 nitrogen and oxygen atoms in total. The van der Waals surface area contributed by atoms with Crippen LogP contribution in [0.1, 0.15) is 25.1 Å². The largest absolute Gasteiger partial charge is 0.433 e. The van der Waals surface area contributed by atoms with E-state index < -0.39 is 18.4 Å². The summed E-state index contributed by atoms with van der Waals surface area (Å²) in [6.07, 6.45) is -1.96. The molecule has 0 amide bonds. The molecule has 202 valence electrons. The molecule has 0 spiro atoms. The normalized spacial score (nSPS) is 15.1.